The fourth-order valence-electron chi connectivity index (χ4n) is 3.64. The van der Waals surface area contributed by atoms with Crippen molar-refractivity contribution in [3.8, 4) is 5.69 Å². The molecule has 0 saturated carbocycles. The van der Waals surface area contributed by atoms with E-state index in [9.17, 15) is 4.79 Å². The Labute approximate surface area is 171 Å². The number of aryl methyl sites for hydroxylation is 1. The number of hydrogen-bond donors (Lipinski definition) is 1. The minimum atomic E-state index is -0.0267. The number of hydrogen-bond acceptors (Lipinski definition) is 4. The van der Waals surface area contributed by atoms with Crippen LogP contribution < -0.4 is 5.32 Å². The molecule has 2 aromatic heterocycles. The van der Waals surface area contributed by atoms with Crippen LogP contribution in [0.4, 0.5) is 0 Å². The Morgan fingerprint density at radius 2 is 1.96 bits per heavy atom. The van der Waals surface area contributed by atoms with E-state index in [1.165, 1.54) is 0 Å². The Hall–Kier alpha value is -2.70. The quantitative estimate of drug-likeness (QED) is 0.737. The smallest absolute Gasteiger partial charge is 0.257 e. The first-order valence-corrected chi connectivity index (χ1v) is 9.19. The van der Waals surface area contributed by atoms with E-state index >= 15 is 0 Å². The zero-order valence-corrected chi connectivity index (χ0v) is 16.8. The summed E-state index contributed by atoms with van der Waals surface area (Å²) < 4.78 is 1.85. The van der Waals surface area contributed by atoms with Gasteiger partial charge >= 0.3 is 0 Å². The molecular weight excluding hydrogens is 374 g/mol. The molecule has 0 aliphatic carbocycles. The second-order valence-corrected chi connectivity index (χ2v) is 6.85. The SMILES string of the molecule is Cc1ccccc1-n1ncc(C(=O)N2CCNCC2c2cccnc2)c1C.Cl. The molecular formula is C21H24ClN5O. The minimum Gasteiger partial charge on any atom is -0.329 e. The first kappa shape index (κ1) is 20.0. The Morgan fingerprint density at radius 1 is 1.14 bits per heavy atom. The molecule has 3 heterocycles. The summed E-state index contributed by atoms with van der Waals surface area (Å²) in [4.78, 5) is 19.5. The summed E-state index contributed by atoms with van der Waals surface area (Å²) in [6.07, 6.45) is 5.27. The van der Waals surface area contributed by atoms with Crippen LogP contribution in [0.5, 0.6) is 0 Å². The molecule has 0 spiro atoms. The molecule has 1 saturated heterocycles. The molecule has 1 amide bonds. The summed E-state index contributed by atoms with van der Waals surface area (Å²) >= 11 is 0. The Kier molecular flexibility index (Phi) is 6.11. The average Bonchev–Trinajstić information content (AvgIpc) is 3.09. The summed E-state index contributed by atoms with van der Waals surface area (Å²) in [5.41, 5.74) is 4.67. The average molecular weight is 398 g/mol. The Morgan fingerprint density at radius 3 is 2.71 bits per heavy atom. The maximum Gasteiger partial charge on any atom is 0.257 e. The van der Waals surface area contributed by atoms with Crippen LogP contribution in [0.2, 0.25) is 0 Å². The molecule has 1 aliphatic rings. The van der Waals surface area contributed by atoms with Crippen molar-refractivity contribution in [3.63, 3.8) is 0 Å². The molecule has 4 rings (SSSR count). The number of pyridine rings is 1. The molecule has 7 heteroatoms. The van der Waals surface area contributed by atoms with Crippen LogP contribution in [-0.4, -0.2) is 45.2 Å². The number of carbonyl (C=O) groups excluding carboxylic acids is 1. The van der Waals surface area contributed by atoms with Gasteiger partial charge in [0, 0.05) is 32.0 Å². The molecule has 3 aromatic rings. The molecule has 1 unspecified atom stereocenters. The van der Waals surface area contributed by atoms with Crippen molar-refractivity contribution < 1.29 is 4.79 Å². The number of rotatable bonds is 3. The van der Waals surface area contributed by atoms with Gasteiger partial charge in [-0.25, -0.2) is 4.68 Å². The molecule has 1 fully saturated rings. The lowest BCUT2D eigenvalue weighted by Crippen LogP contribution is -2.48. The first-order valence-electron chi connectivity index (χ1n) is 9.19. The van der Waals surface area contributed by atoms with Gasteiger partial charge in [-0.1, -0.05) is 24.3 Å². The highest BCUT2D eigenvalue weighted by atomic mass is 35.5. The molecule has 1 aromatic carbocycles. The van der Waals surface area contributed by atoms with E-state index in [1.54, 1.807) is 12.4 Å². The lowest BCUT2D eigenvalue weighted by molar-refractivity contribution is 0.0633. The van der Waals surface area contributed by atoms with E-state index in [2.05, 4.69) is 15.4 Å². The minimum absolute atomic E-state index is 0. The highest BCUT2D eigenvalue weighted by Crippen LogP contribution is 2.25. The standard InChI is InChI=1S/C21H23N5O.ClH/c1-15-6-3-4-8-19(15)26-16(2)18(13-24-26)21(27)25-11-10-23-14-20(25)17-7-5-9-22-12-17;/h3-9,12-13,20,23H,10-11,14H2,1-2H3;1H. The Balaban J connectivity index is 0.00000225. The van der Waals surface area contributed by atoms with Crippen LogP contribution in [0.1, 0.15) is 33.2 Å². The lowest BCUT2D eigenvalue weighted by Gasteiger charge is -2.36. The number of carbonyl (C=O) groups is 1. The third-order valence-electron chi connectivity index (χ3n) is 5.16. The van der Waals surface area contributed by atoms with Crippen molar-refractivity contribution in [2.24, 2.45) is 0 Å². The number of halogens is 1. The van der Waals surface area contributed by atoms with Crippen LogP contribution in [0.3, 0.4) is 0 Å². The lowest BCUT2D eigenvalue weighted by atomic mass is 10.0. The molecule has 28 heavy (non-hydrogen) atoms. The molecule has 6 nitrogen and oxygen atoms in total. The zero-order chi connectivity index (χ0) is 18.8. The summed E-state index contributed by atoms with van der Waals surface area (Å²) in [7, 11) is 0. The predicted molar refractivity (Wildman–Crippen MR) is 111 cm³/mol. The van der Waals surface area contributed by atoms with Crippen molar-refractivity contribution in [2.45, 2.75) is 19.9 Å². The van der Waals surface area contributed by atoms with Gasteiger partial charge in [-0.3, -0.25) is 9.78 Å². The third kappa shape index (κ3) is 3.66. The fraction of sp³-hybridized carbons (Fsp3) is 0.286. The second kappa shape index (κ2) is 8.54. The highest BCUT2D eigenvalue weighted by Gasteiger charge is 2.30. The molecule has 1 N–H and O–H groups in total. The van der Waals surface area contributed by atoms with Gasteiger partial charge in [-0.15, -0.1) is 12.4 Å². The number of aromatic nitrogens is 3. The third-order valence-corrected chi connectivity index (χ3v) is 5.16. The maximum atomic E-state index is 13.4. The molecule has 146 valence electrons. The topological polar surface area (TPSA) is 63.1 Å². The van der Waals surface area contributed by atoms with E-state index in [0.717, 1.165) is 35.6 Å². The van der Waals surface area contributed by atoms with E-state index in [4.69, 9.17) is 0 Å². The van der Waals surface area contributed by atoms with Crippen molar-refractivity contribution in [1.82, 2.24) is 25.0 Å². The van der Waals surface area contributed by atoms with E-state index in [1.807, 2.05) is 66.0 Å². The number of benzene rings is 1. The van der Waals surface area contributed by atoms with Gasteiger partial charge in [0.05, 0.1) is 29.2 Å². The van der Waals surface area contributed by atoms with Crippen LogP contribution >= 0.6 is 12.4 Å². The molecule has 1 atom stereocenters. The number of nitrogens with one attached hydrogen (secondary N) is 1. The van der Waals surface area contributed by atoms with Gasteiger partial charge < -0.3 is 10.2 Å². The van der Waals surface area contributed by atoms with Gasteiger partial charge in [-0.05, 0) is 37.1 Å². The van der Waals surface area contributed by atoms with E-state index < -0.39 is 0 Å². The number of piperazine rings is 1. The van der Waals surface area contributed by atoms with Crippen molar-refractivity contribution >= 4 is 18.3 Å². The van der Waals surface area contributed by atoms with Crippen molar-refractivity contribution in [1.29, 1.82) is 0 Å². The zero-order valence-electron chi connectivity index (χ0n) is 16.0. The van der Waals surface area contributed by atoms with E-state index in [-0.39, 0.29) is 24.4 Å². The first-order chi connectivity index (χ1) is 13.2. The van der Waals surface area contributed by atoms with Crippen LogP contribution in [0, 0.1) is 13.8 Å². The second-order valence-electron chi connectivity index (χ2n) is 6.85. The summed E-state index contributed by atoms with van der Waals surface area (Å²) in [5, 5.41) is 7.88. The van der Waals surface area contributed by atoms with Crippen LogP contribution in [0.25, 0.3) is 5.69 Å². The number of para-hydroxylation sites is 1. The fourth-order valence-corrected chi connectivity index (χ4v) is 3.64. The van der Waals surface area contributed by atoms with Gasteiger partial charge in [-0.2, -0.15) is 5.10 Å². The predicted octanol–water partition coefficient (Wildman–Crippen LogP) is 3.09. The normalized spacial score (nSPS) is 16.5. The largest absolute Gasteiger partial charge is 0.329 e. The molecule has 0 bridgehead atoms. The summed E-state index contributed by atoms with van der Waals surface area (Å²) in [5.74, 6) is 0.0164. The van der Waals surface area contributed by atoms with Crippen molar-refractivity contribution in [2.75, 3.05) is 19.6 Å². The Bertz CT molecular complexity index is 956. The highest BCUT2D eigenvalue weighted by molar-refractivity contribution is 5.95. The van der Waals surface area contributed by atoms with Gasteiger partial charge in [0.25, 0.3) is 5.91 Å². The summed E-state index contributed by atoms with van der Waals surface area (Å²) in [6, 6.07) is 12.0. The van der Waals surface area contributed by atoms with Crippen molar-refractivity contribution in [3.05, 3.63) is 77.4 Å². The number of nitrogens with zero attached hydrogens (tertiary/aromatic N) is 4. The maximum absolute atomic E-state index is 13.4. The van der Waals surface area contributed by atoms with Gasteiger partial charge in [0.15, 0.2) is 0 Å². The van der Waals surface area contributed by atoms with Gasteiger partial charge in [0.2, 0.25) is 0 Å². The van der Waals surface area contributed by atoms with Crippen LogP contribution in [-0.2, 0) is 0 Å². The molecule has 1 aliphatic heterocycles. The van der Waals surface area contributed by atoms with E-state index in [0.29, 0.717) is 12.1 Å². The summed E-state index contributed by atoms with van der Waals surface area (Å²) in [6.45, 7) is 6.17. The monoisotopic (exact) mass is 397 g/mol. The van der Waals surface area contributed by atoms with Gasteiger partial charge in [0.1, 0.15) is 0 Å². The van der Waals surface area contributed by atoms with Crippen LogP contribution in [0.15, 0.2) is 55.0 Å². The number of amides is 1. The molecule has 0 radical (unpaired) electrons.